The minimum atomic E-state index is -0.563. The zero-order valence-electron chi connectivity index (χ0n) is 14.7. The monoisotopic (exact) mass is 364 g/mol. The molecule has 0 aliphatic rings. The summed E-state index contributed by atoms with van der Waals surface area (Å²) in [6, 6.07) is 18.0. The molecule has 138 valence electrons. The molecule has 0 spiro atoms. The summed E-state index contributed by atoms with van der Waals surface area (Å²) >= 11 is 0. The summed E-state index contributed by atoms with van der Waals surface area (Å²) in [4.78, 5) is 24.6. The molecule has 1 heterocycles. The first-order chi connectivity index (χ1) is 13.2. The van der Waals surface area contributed by atoms with E-state index in [1.165, 1.54) is 11.0 Å². The lowest BCUT2D eigenvalue weighted by Crippen LogP contribution is -2.39. The molecule has 0 aliphatic heterocycles. The highest BCUT2D eigenvalue weighted by Crippen LogP contribution is 2.13. The molecule has 8 heteroatoms. The zero-order valence-corrected chi connectivity index (χ0v) is 14.7. The van der Waals surface area contributed by atoms with Gasteiger partial charge in [0, 0.05) is 25.1 Å². The third-order valence-corrected chi connectivity index (χ3v) is 4.00. The molecule has 3 aromatic rings. The Hall–Kier alpha value is -3.55. The van der Waals surface area contributed by atoms with Gasteiger partial charge in [0.2, 0.25) is 5.91 Å². The van der Waals surface area contributed by atoms with Crippen LogP contribution in [0.25, 0.3) is 0 Å². The van der Waals surface area contributed by atoms with Gasteiger partial charge in [-0.1, -0.05) is 48.5 Å². The number of hydrogen-bond acceptors (Lipinski definition) is 5. The van der Waals surface area contributed by atoms with E-state index in [-0.39, 0.29) is 11.8 Å². The quantitative estimate of drug-likeness (QED) is 0.581. The average molecular weight is 364 g/mol. The van der Waals surface area contributed by atoms with Gasteiger partial charge in [0.1, 0.15) is 12.4 Å². The summed E-state index contributed by atoms with van der Waals surface area (Å²) in [6.07, 6.45) is 1.89. The van der Waals surface area contributed by atoms with Crippen molar-refractivity contribution in [3.8, 4) is 0 Å². The number of carbonyl (C=O) groups is 2. The van der Waals surface area contributed by atoms with Crippen LogP contribution in [0.4, 0.5) is 0 Å². The standard InChI is InChI=1S/C19H20N6O2/c26-18(16-9-5-2-6-10-16)20-11-12-21-19(27)17(25-14-22-23-24-25)13-15-7-3-1-4-8-15/h1-10,14,17H,11-13H2,(H,20,26)(H,21,27). The van der Waals surface area contributed by atoms with Gasteiger partial charge in [0.25, 0.3) is 5.91 Å². The van der Waals surface area contributed by atoms with Gasteiger partial charge >= 0.3 is 0 Å². The van der Waals surface area contributed by atoms with Crippen molar-refractivity contribution < 1.29 is 9.59 Å². The second kappa shape index (κ2) is 9.23. The van der Waals surface area contributed by atoms with E-state index in [1.807, 2.05) is 36.4 Å². The Morgan fingerprint density at radius 3 is 2.26 bits per heavy atom. The first kappa shape index (κ1) is 18.2. The van der Waals surface area contributed by atoms with Crippen LogP contribution in [-0.4, -0.2) is 45.1 Å². The molecule has 1 unspecified atom stereocenters. The van der Waals surface area contributed by atoms with E-state index in [4.69, 9.17) is 0 Å². The van der Waals surface area contributed by atoms with Crippen LogP contribution < -0.4 is 10.6 Å². The number of amides is 2. The Morgan fingerprint density at radius 1 is 0.926 bits per heavy atom. The number of benzene rings is 2. The summed E-state index contributed by atoms with van der Waals surface area (Å²) in [5, 5.41) is 16.7. The van der Waals surface area contributed by atoms with Crippen molar-refractivity contribution in [2.75, 3.05) is 13.1 Å². The summed E-state index contributed by atoms with van der Waals surface area (Å²) in [7, 11) is 0. The lowest BCUT2D eigenvalue weighted by Gasteiger charge is -2.16. The molecule has 0 bridgehead atoms. The molecule has 0 fully saturated rings. The Bertz CT molecular complexity index is 852. The largest absolute Gasteiger partial charge is 0.352 e. The van der Waals surface area contributed by atoms with Crippen LogP contribution in [0.2, 0.25) is 0 Å². The fourth-order valence-electron chi connectivity index (χ4n) is 2.63. The number of nitrogens with one attached hydrogen (secondary N) is 2. The molecule has 3 rings (SSSR count). The van der Waals surface area contributed by atoms with Gasteiger partial charge in [-0.2, -0.15) is 0 Å². The smallest absolute Gasteiger partial charge is 0.251 e. The van der Waals surface area contributed by atoms with Crippen LogP contribution in [0.3, 0.4) is 0 Å². The summed E-state index contributed by atoms with van der Waals surface area (Å²) in [5.41, 5.74) is 1.59. The molecule has 27 heavy (non-hydrogen) atoms. The highest BCUT2D eigenvalue weighted by molar-refractivity contribution is 5.94. The van der Waals surface area contributed by atoms with E-state index in [0.29, 0.717) is 25.1 Å². The molecule has 1 atom stereocenters. The molecule has 2 amide bonds. The van der Waals surface area contributed by atoms with Crippen molar-refractivity contribution in [2.24, 2.45) is 0 Å². The van der Waals surface area contributed by atoms with E-state index in [2.05, 4.69) is 26.2 Å². The molecule has 0 saturated heterocycles. The van der Waals surface area contributed by atoms with Gasteiger partial charge in [-0.15, -0.1) is 5.10 Å². The van der Waals surface area contributed by atoms with Crippen molar-refractivity contribution in [3.63, 3.8) is 0 Å². The lowest BCUT2D eigenvalue weighted by atomic mass is 10.1. The highest BCUT2D eigenvalue weighted by Gasteiger charge is 2.22. The van der Waals surface area contributed by atoms with E-state index >= 15 is 0 Å². The molecule has 2 N–H and O–H groups in total. The number of rotatable bonds is 8. The fourth-order valence-corrected chi connectivity index (χ4v) is 2.63. The van der Waals surface area contributed by atoms with Crippen LogP contribution in [0, 0.1) is 0 Å². The summed E-state index contributed by atoms with van der Waals surface area (Å²) in [6.45, 7) is 0.637. The Balaban J connectivity index is 1.53. The topological polar surface area (TPSA) is 102 Å². The Kier molecular flexibility index (Phi) is 6.24. The van der Waals surface area contributed by atoms with Crippen molar-refractivity contribution >= 4 is 11.8 Å². The number of hydrogen-bond donors (Lipinski definition) is 2. The van der Waals surface area contributed by atoms with Gasteiger partial charge in [-0.3, -0.25) is 9.59 Å². The van der Waals surface area contributed by atoms with Crippen molar-refractivity contribution in [1.82, 2.24) is 30.8 Å². The van der Waals surface area contributed by atoms with Gasteiger partial charge in [0.15, 0.2) is 0 Å². The third kappa shape index (κ3) is 5.21. The van der Waals surface area contributed by atoms with E-state index in [9.17, 15) is 9.59 Å². The van der Waals surface area contributed by atoms with Crippen LogP contribution in [0.15, 0.2) is 67.0 Å². The van der Waals surface area contributed by atoms with E-state index in [1.54, 1.807) is 24.3 Å². The number of tetrazole rings is 1. The molecule has 0 radical (unpaired) electrons. The van der Waals surface area contributed by atoms with Crippen molar-refractivity contribution in [3.05, 3.63) is 78.1 Å². The van der Waals surface area contributed by atoms with Crippen LogP contribution in [0.1, 0.15) is 22.0 Å². The molecule has 0 saturated carbocycles. The van der Waals surface area contributed by atoms with Crippen LogP contribution in [-0.2, 0) is 11.2 Å². The van der Waals surface area contributed by atoms with E-state index < -0.39 is 6.04 Å². The zero-order chi connectivity index (χ0) is 18.9. The highest BCUT2D eigenvalue weighted by atomic mass is 16.2. The molecule has 1 aromatic heterocycles. The van der Waals surface area contributed by atoms with Gasteiger partial charge in [0.05, 0.1) is 0 Å². The second-order valence-electron chi connectivity index (χ2n) is 5.91. The molecule has 8 nitrogen and oxygen atoms in total. The Labute approximate surface area is 156 Å². The van der Waals surface area contributed by atoms with Crippen LogP contribution in [0.5, 0.6) is 0 Å². The molecule has 2 aromatic carbocycles. The molecule has 0 aliphatic carbocycles. The molecular weight excluding hydrogens is 344 g/mol. The van der Waals surface area contributed by atoms with Gasteiger partial charge < -0.3 is 10.6 Å². The summed E-state index contributed by atoms with van der Waals surface area (Å²) in [5.74, 6) is -0.383. The minimum absolute atomic E-state index is 0.175. The van der Waals surface area contributed by atoms with Crippen LogP contribution >= 0.6 is 0 Å². The predicted octanol–water partition coefficient (Wildman–Crippen LogP) is 1.00. The second-order valence-corrected chi connectivity index (χ2v) is 5.91. The predicted molar refractivity (Wildman–Crippen MR) is 98.8 cm³/mol. The maximum absolute atomic E-state index is 12.6. The van der Waals surface area contributed by atoms with Crippen molar-refractivity contribution in [1.29, 1.82) is 0 Å². The van der Waals surface area contributed by atoms with Gasteiger partial charge in [-0.25, -0.2) is 4.68 Å². The normalized spacial score (nSPS) is 11.6. The first-order valence-corrected chi connectivity index (χ1v) is 8.61. The third-order valence-electron chi connectivity index (χ3n) is 4.00. The van der Waals surface area contributed by atoms with Crippen molar-refractivity contribution in [2.45, 2.75) is 12.5 Å². The average Bonchev–Trinajstić information content (AvgIpc) is 3.25. The van der Waals surface area contributed by atoms with Gasteiger partial charge in [-0.05, 0) is 28.1 Å². The maximum atomic E-state index is 12.6. The lowest BCUT2D eigenvalue weighted by molar-refractivity contribution is -0.124. The maximum Gasteiger partial charge on any atom is 0.251 e. The minimum Gasteiger partial charge on any atom is -0.352 e. The number of aromatic nitrogens is 4. The van der Waals surface area contributed by atoms with E-state index in [0.717, 1.165) is 5.56 Å². The first-order valence-electron chi connectivity index (χ1n) is 8.61. The Morgan fingerprint density at radius 2 is 1.59 bits per heavy atom. The number of carbonyl (C=O) groups excluding carboxylic acids is 2. The fraction of sp³-hybridized carbons (Fsp3) is 0.211. The molecular formula is C19H20N6O2. The SMILES string of the molecule is O=C(NCCNC(=O)C(Cc1ccccc1)n1cnnn1)c1ccccc1. The number of nitrogens with zero attached hydrogens (tertiary/aromatic N) is 4. The summed E-state index contributed by atoms with van der Waals surface area (Å²) < 4.78 is 1.44.